The van der Waals surface area contributed by atoms with E-state index in [2.05, 4.69) is 0 Å². The zero-order valence-electron chi connectivity index (χ0n) is 11.7. The Labute approximate surface area is 115 Å². The van der Waals surface area contributed by atoms with Crippen molar-refractivity contribution in [2.75, 3.05) is 32.5 Å². The van der Waals surface area contributed by atoms with Crippen molar-refractivity contribution in [3.05, 3.63) is 23.8 Å². The summed E-state index contributed by atoms with van der Waals surface area (Å²) in [5, 5.41) is 0. The summed E-state index contributed by atoms with van der Waals surface area (Å²) in [6.07, 6.45) is 0.647. The molecule has 0 amide bonds. The highest BCUT2D eigenvalue weighted by atomic mass is 32.2. The summed E-state index contributed by atoms with van der Waals surface area (Å²) in [5.41, 5.74) is 6.92. The number of nitrogen functional groups attached to an aromatic ring is 1. The van der Waals surface area contributed by atoms with Gasteiger partial charge in [0.2, 0.25) is 10.0 Å². The van der Waals surface area contributed by atoms with Crippen LogP contribution in [0.2, 0.25) is 0 Å². The van der Waals surface area contributed by atoms with Crippen molar-refractivity contribution in [3.63, 3.8) is 0 Å². The molecule has 0 bridgehead atoms. The first-order valence-electron chi connectivity index (χ1n) is 6.36. The van der Waals surface area contributed by atoms with Crippen LogP contribution in [0.25, 0.3) is 0 Å². The summed E-state index contributed by atoms with van der Waals surface area (Å²) in [6.45, 7) is 5.09. The van der Waals surface area contributed by atoms with E-state index in [-0.39, 0.29) is 4.90 Å². The van der Waals surface area contributed by atoms with Gasteiger partial charge in [-0.3, -0.25) is 0 Å². The van der Waals surface area contributed by atoms with Crippen LogP contribution in [0.4, 0.5) is 5.69 Å². The number of hydrogen-bond donors (Lipinski definition) is 1. The smallest absolute Gasteiger partial charge is 0.243 e. The van der Waals surface area contributed by atoms with Gasteiger partial charge in [0, 0.05) is 25.9 Å². The van der Waals surface area contributed by atoms with E-state index < -0.39 is 10.0 Å². The van der Waals surface area contributed by atoms with Gasteiger partial charge in [0.15, 0.2) is 0 Å². The second-order valence-electron chi connectivity index (χ2n) is 4.24. The van der Waals surface area contributed by atoms with Crippen LogP contribution in [-0.4, -0.2) is 39.5 Å². The fourth-order valence-electron chi connectivity index (χ4n) is 1.73. The van der Waals surface area contributed by atoms with E-state index in [0.29, 0.717) is 31.9 Å². The first kappa shape index (κ1) is 15.9. The molecule has 1 aromatic rings. The number of nitrogens with two attached hydrogens (primary N) is 1. The van der Waals surface area contributed by atoms with Gasteiger partial charge >= 0.3 is 0 Å². The Hall–Kier alpha value is -1.11. The van der Waals surface area contributed by atoms with Gasteiger partial charge in [-0.2, -0.15) is 4.31 Å². The van der Waals surface area contributed by atoms with E-state index in [4.69, 9.17) is 10.5 Å². The van der Waals surface area contributed by atoms with Crippen LogP contribution in [0, 0.1) is 0 Å². The lowest BCUT2D eigenvalue weighted by molar-refractivity contribution is 0.138. The highest BCUT2D eigenvalue weighted by molar-refractivity contribution is 7.89. The molecule has 5 nitrogen and oxygen atoms in total. The molecule has 0 heterocycles. The average Bonchev–Trinajstić information content (AvgIpc) is 2.38. The minimum atomic E-state index is -3.51. The maximum atomic E-state index is 12.5. The molecule has 0 atom stereocenters. The second-order valence-corrected chi connectivity index (χ2v) is 6.26. The lowest BCUT2D eigenvalue weighted by Gasteiger charge is -2.19. The van der Waals surface area contributed by atoms with Crippen LogP contribution in [-0.2, 0) is 21.2 Å². The van der Waals surface area contributed by atoms with E-state index in [9.17, 15) is 8.42 Å². The minimum absolute atomic E-state index is 0.286. The van der Waals surface area contributed by atoms with Crippen LogP contribution in [0.3, 0.4) is 0 Å². The van der Waals surface area contributed by atoms with Crippen molar-refractivity contribution in [1.29, 1.82) is 0 Å². The Morgan fingerprint density at radius 1 is 1.32 bits per heavy atom. The van der Waals surface area contributed by atoms with Gasteiger partial charge in [0.1, 0.15) is 0 Å². The summed E-state index contributed by atoms with van der Waals surface area (Å²) in [4.78, 5) is 0.286. The van der Waals surface area contributed by atoms with Crippen molar-refractivity contribution < 1.29 is 13.2 Å². The molecule has 0 aliphatic carbocycles. The molecule has 2 N–H and O–H groups in total. The van der Waals surface area contributed by atoms with E-state index in [1.165, 1.54) is 10.4 Å². The van der Waals surface area contributed by atoms with Gasteiger partial charge in [-0.1, -0.05) is 13.0 Å². The monoisotopic (exact) mass is 286 g/mol. The van der Waals surface area contributed by atoms with Crippen molar-refractivity contribution in [3.8, 4) is 0 Å². The van der Waals surface area contributed by atoms with Crippen LogP contribution >= 0.6 is 0 Å². The Morgan fingerprint density at radius 2 is 2.00 bits per heavy atom. The minimum Gasteiger partial charge on any atom is -0.399 e. The Morgan fingerprint density at radius 3 is 2.58 bits per heavy atom. The number of ether oxygens (including phenoxy) is 1. The molecule has 0 saturated heterocycles. The standard InChI is InChI=1S/C13H22N2O3S/c1-4-11-6-7-12(14)10-13(11)19(16,17)15(3)8-9-18-5-2/h6-7,10H,4-5,8-9,14H2,1-3H3. The number of hydrogen-bond acceptors (Lipinski definition) is 4. The molecule has 0 aliphatic heterocycles. The van der Waals surface area contributed by atoms with Crippen LogP contribution < -0.4 is 5.73 Å². The molecule has 0 unspecified atom stereocenters. The van der Waals surface area contributed by atoms with Crippen LogP contribution in [0.5, 0.6) is 0 Å². The molecule has 0 spiro atoms. The number of sulfonamides is 1. The van der Waals surface area contributed by atoms with Crippen molar-refractivity contribution >= 4 is 15.7 Å². The topological polar surface area (TPSA) is 72.6 Å². The molecule has 0 aromatic heterocycles. The number of likely N-dealkylation sites (N-methyl/N-ethyl adjacent to an activating group) is 1. The predicted molar refractivity (Wildman–Crippen MR) is 76.5 cm³/mol. The SMILES string of the molecule is CCOCCN(C)S(=O)(=O)c1cc(N)ccc1CC. The number of anilines is 1. The molecule has 0 radical (unpaired) electrons. The van der Waals surface area contributed by atoms with E-state index in [1.807, 2.05) is 13.8 Å². The number of aryl methyl sites for hydroxylation is 1. The maximum Gasteiger partial charge on any atom is 0.243 e. The predicted octanol–water partition coefficient (Wildman–Crippen LogP) is 1.49. The lowest BCUT2D eigenvalue weighted by Crippen LogP contribution is -2.31. The molecule has 1 aromatic carbocycles. The third kappa shape index (κ3) is 3.92. The van der Waals surface area contributed by atoms with Crippen LogP contribution in [0.1, 0.15) is 19.4 Å². The second kappa shape index (κ2) is 6.88. The van der Waals surface area contributed by atoms with Gasteiger partial charge < -0.3 is 10.5 Å². The zero-order chi connectivity index (χ0) is 14.5. The van der Waals surface area contributed by atoms with Crippen LogP contribution in [0.15, 0.2) is 23.1 Å². The third-order valence-electron chi connectivity index (χ3n) is 2.91. The third-order valence-corrected chi connectivity index (χ3v) is 4.85. The Balaban J connectivity index is 3.02. The summed E-state index contributed by atoms with van der Waals surface area (Å²) >= 11 is 0. The van der Waals surface area contributed by atoms with Gasteiger partial charge in [-0.25, -0.2) is 8.42 Å². The molecule has 0 aliphatic rings. The van der Waals surface area contributed by atoms with Gasteiger partial charge in [0.05, 0.1) is 11.5 Å². The fraction of sp³-hybridized carbons (Fsp3) is 0.538. The van der Waals surface area contributed by atoms with E-state index in [1.54, 1.807) is 19.2 Å². The Bertz CT molecular complexity index is 515. The summed E-state index contributed by atoms with van der Waals surface area (Å²) < 4.78 is 31.4. The summed E-state index contributed by atoms with van der Waals surface area (Å²) in [6, 6.07) is 5.00. The first-order chi connectivity index (χ1) is 8.93. The van der Waals surface area contributed by atoms with Gasteiger partial charge in [-0.05, 0) is 31.0 Å². The number of rotatable bonds is 7. The molecule has 19 heavy (non-hydrogen) atoms. The lowest BCUT2D eigenvalue weighted by atomic mass is 10.1. The largest absolute Gasteiger partial charge is 0.399 e. The zero-order valence-corrected chi connectivity index (χ0v) is 12.5. The highest BCUT2D eigenvalue weighted by Gasteiger charge is 2.23. The van der Waals surface area contributed by atoms with E-state index in [0.717, 1.165) is 5.56 Å². The van der Waals surface area contributed by atoms with Gasteiger partial charge in [0.25, 0.3) is 0 Å². The van der Waals surface area contributed by atoms with Crippen molar-refractivity contribution in [2.45, 2.75) is 25.2 Å². The Kier molecular flexibility index (Phi) is 5.78. The number of nitrogens with zero attached hydrogens (tertiary/aromatic N) is 1. The maximum absolute atomic E-state index is 12.5. The van der Waals surface area contributed by atoms with Crippen molar-refractivity contribution in [1.82, 2.24) is 4.31 Å². The average molecular weight is 286 g/mol. The molecular formula is C13H22N2O3S. The first-order valence-corrected chi connectivity index (χ1v) is 7.80. The quantitative estimate of drug-likeness (QED) is 0.609. The highest BCUT2D eigenvalue weighted by Crippen LogP contribution is 2.22. The summed E-state index contributed by atoms with van der Waals surface area (Å²) in [7, 11) is -1.96. The molecule has 108 valence electrons. The number of benzene rings is 1. The summed E-state index contributed by atoms with van der Waals surface area (Å²) in [5.74, 6) is 0. The molecule has 6 heteroatoms. The fourth-order valence-corrected chi connectivity index (χ4v) is 3.21. The normalized spacial score (nSPS) is 12.0. The molecule has 1 rings (SSSR count). The molecular weight excluding hydrogens is 264 g/mol. The molecule has 0 saturated carbocycles. The van der Waals surface area contributed by atoms with E-state index >= 15 is 0 Å². The van der Waals surface area contributed by atoms with Crippen molar-refractivity contribution in [2.24, 2.45) is 0 Å². The van der Waals surface area contributed by atoms with Gasteiger partial charge in [-0.15, -0.1) is 0 Å². The molecule has 0 fully saturated rings.